The third-order valence-corrected chi connectivity index (χ3v) is 3.20. The summed E-state index contributed by atoms with van der Waals surface area (Å²) in [5.74, 6) is 0. The Labute approximate surface area is 107 Å². The number of nitrogen functional groups attached to an aromatic ring is 1. The predicted molar refractivity (Wildman–Crippen MR) is 70.2 cm³/mol. The van der Waals surface area contributed by atoms with E-state index in [-0.39, 0.29) is 6.04 Å². The van der Waals surface area contributed by atoms with E-state index in [0.29, 0.717) is 25.1 Å². The molecule has 0 amide bonds. The fourth-order valence-electron chi connectivity index (χ4n) is 2.35. The highest BCUT2D eigenvalue weighted by Gasteiger charge is 2.27. The fraction of sp³-hybridized carbons (Fsp3) is 0.615. The lowest BCUT2D eigenvalue weighted by molar-refractivity contribution is 0.00655. The first-order valence-corrected chi connectivity index (χ1v) is 6.29. The summed E-state index contributed by atoms with van der Waals surface area (Å²) in [6.45, 7) is 4.07. The Kier molecular flexibility index (Phi) is 4.16. The summed E-state index contributed by atoms with van der Waals surface area (Å²) in [5, 5.41) is 13.8. The van der Waals surface area contributed by atoms with Crippen molar-refractivity contribution in [3.63, 3.8) is 0 Å². The largest absolute Gasteiger partial charge is 0.398 e. The molecule has 1 aliphatic heterocycles. The van der Waals surface area contributed by atoms with Gasteiger partial charge in [0.25, 0.3) is 0 Å². The van der Waals surface area contributed by atoms with E-state index < -0.39 is 5.60 Å². The molecule has 0 spiro atoms. The molecular weight excluding hydrogens is 230 g/mol. The summed E-state index contributed by atoms with van der Waals surface area (Å²) < 4.78 is 5.39. The molecule has 2 unspecified atom stereocenters. The first kappa shape index (κ1) is 13.3. The molecular formula is C13H21N3O2. The Morgan fingerprint density at radius 3 is 3.17 bits per heavy atom. The molecule has 1 aliphatic rings. The summed E-state index contributed by atoms with van der Waals surface area (Å²) >= 11 is 0. The molecule has 2 rings (SSSR count). The Balaban J connectivity index is 1.96. The van der Waals surface area contributed by atoms with E-state index >= 15 is 0 Å². The van der Waals surface area contributed by atoms with Crippen molar-refractivity contribution in [1.29, 1.82) is 0 Å². The van der Waals surface area contributed by atoms with Crippen LogP contribution in [0.5, 0.6) is 0 Å². The molecule has 100 valence electrons. The molecule has 2 heterocycles. The average molecular weight is 251 g/mol. The minimum Gasteiger partial charge on any atom is -0.398 e. The summed E-state index contributed by atoms with van der Waals surface area (Å²) in [5.41, 5.74) is 6.63. The fourth-order valence-corrected chi connectivity index (χ4v) is 2.35. The Hall–Kier alpha value is -1.17. The van der Waals surface area contributed by atoms with Gasteiger partial charge in [-0.05, 0) is 25.0 Å². The molecule has 0 radical (unpaired) electrons. The number of hydrogen-bond acceptors (Lipinski definition) is 5. The number of nitrogens with one attached hydrogen (secondary N) is 1. The zero-order chi connectivity index (χ0) is 13.0. The number of nitrogens with two attached hydrogens (primary N) is 1. The lowest BCUT2D eigenvalue weighted by Crippen LogP contribution is -2.46. The van der Waals surface area contributed by atoms with Crippen LogP contribution in [0.3, 0.4) is 0 Å². The van der Waals surface area contributed by atoms with Gasteiger partial charge in [0.05, 0.1) is 18.8 Å². The molecule has 1 fully saturated rings. The highest BCUT2D eigenvalue weighted by Crippen LogP contribution is 2.22. The van der Waals surface area contributed by atoms with Gasteiger partial charge in [-0.1, -0.05) is 0 Å². The van der Waals surface area contributed by atoms with E-state index in [9.17, 15) is 5.11 Å². The van der Waals surface area contributed by atoms with Crippen LogP contribution >= 0.6 is 0 Å². The van der Waals surface area contributed by atoms with E-state index in [4.69, 9.17) is 10.5 Å². The quantitative estimate of drug-likeness (QED) is 0.719. The number of nitrogens with zero attached hydrogens (tertiary/aromatic N) is 1. The number of ether oxygens (including phenoxy) is 1. The van der Waals surface area contributed by atoms with E-state index in [1.807, 2.05) is 6.92 Å². The number of rotatable bonds is 4. The number of anilines is 1. The Morgan fingerprint density at radius 2 is 2.50 bits per heavy atom. The average Bonchev–Trinajstić information content (AvgIpc) is 2.32. The van der Waals surface area contributed by atoms with E-state index in [0.717, 1.165) is 18.7 Å². The molecule has 5 heteroatoms. The lowest BCUT2D eigenvalue weighted by Gasteiger charge is -2.31. The maximum absolute atomic E-state index is 10.5. The molecule has 0 aromatic carbocycles. The van der Waals surface area contributed by atoms with Gasteiger partial charge >= 0.3 is 0 Å². The molecule has 4 N–H and O–H groups in total. The van der Waals surface area contributed by atoms with Crippen LogP contribution in [0, 0.1) is 0 Å². The van der Waals surface area contributed by atoms with Gasteiger partial charge in [-0.25, -0.2) is 0 Å². The van der Waals surface area contributed by atoms with E-state index in [1.165, 1.54) is 0 Å². The van der Waals surface area contributed by atoms with Crippen LogP contribution in [0.1, 0.15) is 18.9 Å². The highest BCUT2D eigenvalue weighted by molar-refractivity contribution is 5.44. The van der Waals surface area contributed by atoms with Crippen molar-refractivity contribution in [3.8, 4) is 0 Å². The van der Waals surface area contributed by atoms with Crippen LogP contribution in [0.2, 0.25) is 0 Å². The van der Waals surface area contributed by atoms with Crippen LogP contribution in [-0.4, -0.2) is 41.5 Å². The van der Waals surface area contributed by atoms with Gasteiger partial charge in [-0.3, -0.25) is 4.98 Å². The normalized spacial score (nSPS) is 23.6. The van der Waals surface area contributed by atoms with Crippen molar-refractivity contribution in [2.24, 2.45) is 0 Å². The summed E-state index contributed by atoms with van der Waals surface area (Å²) in [6.07, 6.45) is 4.52. The zero-order valence-corrected chi connectivity index (χ0v) is 10.7. The topological polar surface area (TPSA) is 80.4 Å². The maximum Gasteiger partial charge on any atom is 0.0677 e. The SMILES string of the molecule is CC(O)(Cc1cnccc1N)CC1COCCN1. The number of aliphatic hydroxyl groups is 1. The number of aromatic nitrogens is 1. The van der Waals surface area contributed by atoms with E-state index in [1.54, 1.807) is 18.5 Å². The van der Waals surface area contributed by atoms with Crippen molar-refractivity contribution < 1.29 is 9.84 Å². The molecule has 18 heavy (non-hydrogen) atoms. The van der Waals surface area contributed by atoms with Gasteiger partial charge in [-0.15, -0.1) is 0 Å². The van der Waals surface area contributed by atoms with Gasteiger partial charge in [-0.2, -0.15) is 0 Å². The molecule has 2 atom stereocenters. The maximum atomic E-state index is 10.5. The first-order valence-electron chi connectivity index (χ1n) is 6.29. The van der Waals surface area contributed by atoms with Gasteiger partial charge in [0.15, 0.2) is 0 Å². The number of pyridine rings is 1. The minimum atomic E-state index is -0.810. The summed E-state index contributed by atoms with van der Waals surface area (Å²) in [6, 6.07) is 1.96. The van der Waals surface area contributed by atoms with Crippen LogP contribution in [0.25, 0.3) is 0 Å². The van der Waals surface area contributed by atoms with Crippen molar-refractivity contribution in [2.45, 2.75) is 31.4 Å². The van der Waals surface area contributed by atoms with Crippen LogP contribution in [0.15, 0.2) is 18.5 Å². The second-order valence-corrected chi connectivity index (χ2v) is 5.18. The van der Waals surface area contributed by atoms with Crippen LogP contribution in [0.4, 0.5) is 5.69 Å². The molecule has 0 bridgehead atoms. The van der Waals surface area contributed by atoms with Gasteiger partial charge in [0.2, 0.25) is 0 Å². The zero-order valence-electron chi connectivity index (χ0n) is 10.7. The van der Waals surface area contributed by atoms with Gasteiger partial charge in [0.1, 0.15) is 0 Å². The molecule has 0 saturated carbocycles. The monoisotopic (exact) mass is 251 g/mol. The molecule has 5 nitrogen and oxygen atoms in total. The predicted octanol–water partition coefficient (Wildman–Crippen LogP) is 0.336. The Morgan fingerprint density at radius 1 is 1.67 bits per heavy atom. The van der Waals surface area contributed by atoms with Crippen molar-refractivity contribution in [2.75, 3.05) is 25.5 Å². The van der Waals surface area contributed by atoms with Crippen LogP contribution < -0.4 is 11.1 Å². The third-order valence-electron chi connectivity index (χ3n) is 3.20. The second kappa shape index (κ2) is 5.65. The third kappa shape index (κ3) is 3.66. The van der Waals surface area contributed by atoms with Crippen LogP contribution in [-0.2, 0) is 11.2 Å². The second-order valence-electron chi connectivity index (χ2n) is 5.18. The van der Waals surface area contributed by atoms with Gasteiger partial charge < -0.3 is 20.9 Å². The number of morpholine rings is 1. The molecule has 1 aromatic heterocycles. The number of hydrogen-bond donors (Lipinski definition) is 3. The summed E-state index contributed by atoms with van der Waals surface area (Å²) in [7, 11) is 0. The molecule has 1 aromatic rings. The standard InChI is InChI=1S/C13H21N3O2/c1-13(17,7-11-9-18-5-4-16-11)6-10-8-15-3-2-12(10)14/h2-3,8,11,16-17H,4-7,9H2,1H3,(H2,14,15). The molecule has 0 aliphatic carbocycles. The minimum absolute atomic E-state index is 0.201. The lowest BCUT2D eigenvalue weighted by atomic mass is 9.90. The van der Waals surface area contributed by atoms with E-state index in [2.05, 4.69) is 10.3 Å². The van der Waals surface area contributed by atoms with Crippen molar-refractivity contribution in [1.82, 2.24) is 10.3 Å². The highest BCUT2D eigenvalue weighted by atomic mass is 16.5. The summed E-state index contributed by atoms with van der Waals surface area (Å²) in [4.78, 5) is 4.05. The first-order chi connectivity index (χ1) is 8.57. The Bertz CT molecular complexity index is 390. The van der Waals surface area contributed by atoms with Gasteiger partial charge in [0, 0.05) is 37.1 Å². The van der Waals surface area contributed by atoms with Crippen molar-refractivity contribution >= 4 is 5.69 Å². The van der Waals surface area contributed by atoms with Crippen molar-refractivity contribution in [3.05, 3.63) is 24.0 Å². The smallest absolute Gasteiger partial charge is 0.0677 e. The molecule has 1 saturated heterocycles.